The van der Waals surface area contributed by atoms with Crippen LogP contribution in [0, 0.1) is 5.92 Å². The Labute approximate surface area is 78.9 Å². The van der Waals surface area contributed by atoms with Crippen LogP contribution in [0.15, 0.2) is 24.3 Å². The van der Waals surface area contributed by atoms with E-state index in [4.69, 9.17) is 0 Å². The van der Waals surface area contributed by atoms with E-state index in [1.165, 1.54) is 11.1 Å². The highest BCUT2D eigenvalue weighted by Gasteiger charge is 2.68. The molecule has 0 radical (unpaired) electrons. The molecule has 2 aliphatic rings. The van der Waals surface area contributed by atoms with Gasteiger partial charge < -0.3 is 0 Å². The van der Waals surface area contributed by atoms with Crippen LogP contribution in [0.3, 0.4) is 0 Å². The maximum atomic E-state index is 13.5. The molecule has 0 amide bonds. The normalized spacial score (nSPS) is 42.2. The quantitative estimate of drug-likeness (QED) is 0.597. The first-order chi connectivity index (χ1) is 5.71. The van der Waals surface area contributed by atoms with Crippen molar-refractivity contribution in [1.29, 1.82) is 0 Å². The number of rotatable bonds is 0. The van der Waals surface area contributed by atoms with Crippen molar-refractivity contribution in [2.45, 2.75) is 16.9 Å². The van der Waals surface area contributed by atoms with Crippen LogP contribution in [0.2, 0.25) is 0 Å². The third kappa shape index (κ3) is 0.674. The van der Waals surface area contributed by atoms with Gasteiger partial charge in [-0.05, 0) is 33.5 Å². The van der Waals surface area contributed by atoms with E-state index in [0.29, 0.717) is 0 Å². The van der Waals surface area contributed by atoms with Gasteiger partial charge in [-0.15, -0.1) is 0 Å². The fraction of sp³-hybridized carbons (Fsp3) is 0.400. The summed E-state index contributed by atoms with van der Waals surface area (Å²) in [7, 11) is 0. The van der Waals surface area contributed by atoms with E-state index < -0.39 is 4.58 Å². The highest BCUT2D eigenvalue weighted by molar-refractivity contribution is 9.10. The molecule has 2 heteroatoms. The Morgan fingerprint density at radius 3 is 3.00 bits per heavy atom. The summed E-state index contributed by atoms with van der Waals surface area (Å²) in [6.07, 6.45) is 0.905. The van der Waals surface area contributed by atoms with Crippen LogP contribution in [0.1, 0.15) is 17.0 Å². The maximum Gasteiger partial charge on any atom is 0.176 e. The second kappa shape index (κ2) is 1.92. The zero-order valence-electron chi connectivity index (χ0n) is 6.43. The first kappa shape index (κ1) is 7.07. The van der Waals surface area contributed by atoms with E-state index in [1.54, 1.807) is 0 Å². The molecule has 62 valence electrons. The zero-order chi connectivity index (χ0) is 8.34. The molecule has 1 fully saturated rings. The lowest BCUT2D eigenvalue weighted by Gasteiger charge is -2.06. The van der Waals surface area contributed by atoms with Crippen molar-refractivity contribution < 1.29 is 4.39 Å². The van der Waals surface area contributed by atoms with Gasteiger partial charge in [0.2, 0.25) is 0 Å². The van der Waals surface area contributed by atoms with Gasteiger partial charge >= 0.3 is 0 Å². The van der Waals surface area contributed by atoms with Gasteiger partial charge in [-0.1, -0.05) is 24.3 Å². The van der Waals surface area contributed by atoms with Crippen molar-refractivity contribution in [2.75, 3.05) is 0 Å². The number of benzene rings is 1. The Hall–Kier alpha value is -0.370. The molecule has 0 spiro atoms. The van der Waals surface area contributed by atoms with Gasteiger partial charge in [0.1, 0.15) is 0 Å². The number of fused-ring (bicyclic) bond motifs is 3. The third-order valence-electron chi connectivity index (χ3n) is 3.03. The minimum absolute atomic E-state index is 0.133. The Balaban J connectivity index is 2.11. The van der Waals surface area contributed by atoms with Crippen LogP contribution in [0.5, 0.6) is 0 Å². The predicted octanol–water partition coefficient (Wildman–Crippen LogP) is 3.02. The van der Waals surface area contributed by atoms with Gasteiger partial charge in [-0.2, -0.15) is 0 Å². The van der Waals surface area contributed by atoms with Crippen molar-refractivity contribution in [2.24, 2.45) is 5.92 Å². The van der Waals surface area contributed by atoms with E-state index >= 15 is 0 Å². The molecular formula is C10H8BrF. The predicted molar refractivity (Wildman–Crippen MR) is 49.1 cm³/mol. The molecule has 12 heavy (non-hydrogen) atoms. The average Bonchev–Trinajstić information content (AvgIpc) is 2.46. The average molecular weight is 227 g/mol. The largest absolute Gasteiger partial charge is 0.230 e. The number of hydrogen-bond donors (Lipinski definition) is 0. The van der Waals surface area contributed by atoms with E-state index in [1.807, 2.05) is 18.2 Å². The molecule has 3 atom stereocenters. The summed E-state index contributed by atoms with van der Waals surface area (Å²) in [6, 6.07) is 8.16. The lowest BCUT2D eigenvalue weighted by molar-refractivity contribution is 0.402. The minimum atomic E-state index is -1.08. The summed E-state index contributed by atoms with van der Waals surface area (Å²) in [4.78, 5) is 0. The third-order valence-corrected chi connectivity index (χ3v) is 4.11. The minimum Gasteiger partial charge on any atom is -0.230 e. The molecule has 1 saturated carbocycles. The second-order valence-electron chi connectivity index (χ2n) is 3.66. The van der Waals surface area contributed by atoms with E-state index in [0.717, 1.165) is 6.42 Å². The molecule has 0 N–H and O–H groups in total. The van der Waals surface area contributed by atoms with Crippen molar-refractivity contribution in [3.63, 3.8) is 0 Å². The Kier molecular flexibility index (Phi) is 1.13. The van der Waals surface area contributed by atoms with Crippen molar-refractivity contribution >= 4 is 15.9 Å². The van der Waals surface area contributed by atoms with Gasteiger partial charge in [0, 0.05) is 11.8 Å². The molecule has 0 unspecified atom stereocenters. The van der Waals surface area contributed by atoms with Crippen molar-refractivity contribution in [3.05, 3.63) is 35.4 Å². The van der Waals surface area contributed by atoms with Crippen LogP contribution in [0.4, 0.5) is 4.39 Å². The highest BCUT2D eigenvalue weighted by atomic mass is 79.9. The van der Waals surface area contributed by atoms with Crippen molar-refractivity contribution in [3.8, 4) is 0 Å². The number of halogens is 2. The van der Waals surface area contributed by atoms with Gasteiger partial charge in [0.15, 0.2) is 4.58 Å². The second-order valence-corrected chi connectivity index (χ2v) is 4.88. The van der Waals surface area contributed by atoms with Gasteiger partial charge in [0.05, 0.1) is 0 Å². The molecule has 1 aromatic rings. The van der Waals surface area contributed by atoms with Gasteiger partial charge in [-0.3, -0.25) is 0 Å². The van der Waals surface area contributed by atoms with Crippen LogP contribution in [-0.4, -0.2) is 4.58 Å². The molecule has 3 rings (SSSR count). The van der Waals surface area contributed by atoms with Crippen molar-refractivity contribution in [1.82, 2.24) is 0 Å². The fourth-order valence-corrected chi connectivity index (χ4v) is 3.19. The molecule has 0 aliphatic heterocycles. The van der Waals surface area contributed by atoms with Crippen LogP contribution < -0.4 is 0 Å². The van der Waals surface area contributed by atoms with E-state index in [2.05, 4.69) is 22.0 Å². The smallest absolute Gasteiger partial charge is 0.176 e. The van der Waals surface area contributed by atoms with Crippen LogP contribution in [0.25, 0.3) is 0 Å². The Morgan fingerprint density at radius 2 is 2.17 bits per heavy atom. The van der Waals surface area contributed by atoms with E-state index in [9.17, 15) is 4.39 Å². The first-order valence-electron chi connectivity index (χ1n) is 4.17. The Bertz CT molecular complexity index is 345. The number of alkyl halides is 2. The summed E-state index contributed by atoms with van der Waals surface area (Å²) in [5.74, 6) is 0.337. The lowest BCUT2D eigenvalue weighted by atomic mass is 10.1. The van der Waals surface area contributed by atoms with Crippen LogP contribution >= 0.6 is 15.9 Å². The standard InChI is InChI=1S/C10H8BrF/c11-10(12)8-5-6-3-1-2-4-7(6)9(8)10/h1-4,8-9H,5H2/t8-,9+,10-/m0/s1. The molecule has 0 saturated heterocycles. The first-order valence-corrected chi connectivity index (χ1v) is 4.96. The SMILES string of the molecule is F[C@]1(Br)[C@@H]2c3ccccc3C[C@@H]21. The summed E-state index contributed by atoms with van der Waals surface area (Å²) >= 11 is 3.13. The monoisotopic (exact) mass is 226 g/mol. The molecule has 0 heterocycles. The van der Waals surface area contributed by atoms with E-state index in [-0.39, 0.29) is 11.8 Å². The molecular weight excluding hydrogens is 219 g/mol. The lowest BCUT2D eigenvalue weighted by Crippen LogP contribution is -2.00. The van der Waals surface area contributed by atoms with Gasteiger partial charge in [0.25, 0.3) is 0 Å². The fourth-order valence-electron chi connectivity index (χ4n) is 2.33. The summed E-state index contributed by atoms with van der Waals surface area (Å²) < 4.78 is 12.4. The summed E-state index contributed by atoms with van der Waals surface area (Å²) in [5, 5.41) is 0. The zero-order valence-corrected chi connectivity index (χ0v) is 8.01. The Morgan fingerprint density at radius 1 is 1.42 bits per heavy atom. The topological polar surface area (TPSA) is 0 Å². The molecule has 1 aromatic carbocycles. The molecule has 0 aromatic heterocycles. The summed E-state index contributed by atoms with van der Waals surface area (Å²) in [6.45, 7) is 0. The van der Waals surface area contributed by atoms with Crippen LogP contribution in [-0.2, 0) is 6.42 Å². The highest BCUT2D eigenvalue weighted by Crippen LogP contribution is 2.69. The number of hydrogen-bond acceptors (Lipinski definition) is 0. The molecule has 0 bridgehead atoms. The molecule has 2 aliphatic carbocycles. The maximum absolute atomic E-state index is 13.5. The summed E-state index contributed by atoms with van der Waals surface area (Å²) in [5.41, 5.74) is 2.54. The molecule has 0 nitrogen and oxygen atoms in total. The van der Waals surface area contributed by atoms with Gasteiger partial charge in [-0.25, -0.2) is 4.39 Å².